The van der Waals surface area contributed by atoms with E-state index in [1.807, 2.05) is 0 Å². The van der Waals surface area contributed by atoms with Crippen molar-refractivity contribution in [1.82, 2.24) is 5.32 Å². The lowest BCUT2D eigenvalue weighted by molar-refractivity contribution is -0.123. The maximum atomic E-state index is 11.6. The van der Waals surface area contributed by atoms with E-state index in [4.69, 9.17) is 0 Å². The Morgan fingerprint density at radius 1 is 1.33 bits per heavy atom. The maximum absolute atomic E-state index is 11.6. The van der Waals surface area contributed by atoms with Gasteiger partial charge < -0.3 is 5.32 Å². The molecule has 0 radical (unpaired) electrons. The normalized spacial score (nSPS) is 30.2. The Bertz CT molecular complexity index is 169. The fourth-order valence-corrected chi connectivity index (χ4v) is 2.08. The highest BCUT2D eigenvalue weighted by atomic mass is 16.1. The third kappa shape index (κ3) is 1.69. The highest BCUT2D eigenvalue weighted by molar-refractivity contribution is 5.81. The number of hydrogen-bond acceptors (Lipinski definition) is 2. The van der Waals surface area contributed by atoms with Crippen molar-refractivity contribution in [3.8, 4) is 0 Å². The Morgan fingerprint density at radius 2 is 2.17 bits per heavy atom. The van der Waals surface area contributed by atoms with Crippen molar-refractivity contribution in [1.29, 1.82) is 0 Å². The molecule has 1 aliphatic heterocycles. The molecular formula is C10H17NO. The standard InChI is InChI=1S/C10H17NO/c12-10(6-8-2-1-3-8)9-4-5-11-7-9/h8-9,11H,1-7H2. The van der Waals surface area contributed by atoms with Crippen molar-refractivity contribution in [2.45, 2.75) is 32.1 Å². The molecule has 0 amide bonds. The monoisotopic (exact) mass is 167 g/mol. The molecule has 2 heteroatoms. The number of hydrogen-bond donors (Lipinski definition) is 1. The molecule has 2 nitrogen and oxygen atoms in total. The third-order valence-electron chi connectivity index (χ3n) is 3.23. The second-order valence-corrected chi connectivity index (χ2v) is 4.16. The first kappa shape index (κ1) is 8.24. The first-order valence-electron chi connectivity index (χ1n) is 5.09. The van der Waals surface area contributed by atoms with Crippen molar-refractivity contribution in [2.75, 3.05) is 13.1 Å². The molecule has 12 heavy (non-hydrogen) atoms. The third-order valence-corrected chi connectivity index (χ3v) is 3.23. The minimum absolute atomic E-state index is 0.352. The van der Waals surface area contributed by atoms with Gasteiger partial charge in [-0.15, -0.1) is 0 Å². The van der Waals surface area contributed by atoms with Crippen LogP contribution in [0, 0.1) is 11.8 Å². The average Bonchev–Trinajstić information content (AvgIpc) is 2.47. The molecule has 1 heterocycles. The Morgan fingerprint density at radius 3 is 2.67 bits per heavy atom. The number of nitrogens with one attached hydrogen (secondary N) is 1. The highest BCUT2D eigenvalue weighted by Gasteiger charge is 2.27. The molecule has 1 saturated carbocycles. The fraction of sp³-hybridized carbons (Fsp3) is 0.900. The van der Waals surface area contributed by atoms with Crippen LogP contribution in [0.1, 0.15) is 32.1 Å². The van der Waals surface area contributed by atoms with Crippen LogP contribution < -0.4 is 5.32 Å². The predicted molar refractivity (Wildman–Crippen MR) is 47.9 cm³/mol. The van der Waals surface area contributed by atoms with Gasteiger partial charge in [-0.2, -0.15) is 0 Å². The quantitative estimate of drug-likeness (QED) is 0.687. The molecule has 1 saturated heterocycles. The van der Waals surface area contributed by atoms with Gasteiger partial charge in [0.2, 0.25) is 0 Å². The molecule has 0 aromatic heterocycles. The van der Waals surface area contributed by atoms with Gasteiger partial charge in [0.1, 0.15) is 5.78 Å². The van der Waals surface area contributed by atoms with Crippen LogP contribution in [0.2, 0.25) is 0 Å². The first-order chi connectivity index (χ1) is 5.86. The lowest BCUT2D eigenvalue weighted by atomic mass is 9.80. The van der Waals surface area contributed by atoms with Crippen molar-refractivity contribution in [3.05, 3.63) is 0 Å². The Balaban J connectivity index is 1.74. The number of ketones is 1. The van der Waals surface area contributed by atoms with Crippen LogP contribution in [0.5, 0.6) is 0 Å². The molecular weight excluding hydrogens is 150 g/mol. The van der Waals surface area contributed by atoms with E-state index >= 15 is 0 Å². The average molecular weight is 167 g/mol. The summed E-state index contributed by atoms with van der Waals surface area (Å²) in [6.45, 7) is 1.98. The highest BCUT2D eigenvalue weighted by Crippen LogP contribution is 2.31. The fourth-order valence-electron chi connectivity index (χ4n) is 2.08. The van der Waals surface area contributed by atoms with Crippen LogP contribution in [0.4, 0.5) is 0 Å². The molecule has 1 unspecified atom stereocenters. The van der Waals surface area contributed by atoms with Gasteiger partial charge in [-0.1, -0.05) is 19.3 Å². The van der Waals surface area contributed by atoms with Gasteiger partial charge in [0.05, 0.1) is 0 Å². The summed E-state index contributed by atoms with van der Waals surface area (Å²) in [5.74, 6) is 1.62. The summed E-state index contributed by atoms with van der Waals surface area (Å²) >= 11 is 0. The van der Waals surface area contributed by atoms with Crippen molar-refractivity contribution < 1.29 is 4.79 Å². The summed E-state index contributed by atoms with van der Waals surface area (Å²) < 4.78 is 0. The summed E-state index contributed by atoms with van der Waals surface area (Å²) in [7, 11) is 0. The summed E-state index contributed by atoms with van der Waals surface area (Å²) in [5.41, 5.74) is 0. The zero-order chi connectivity index (χ0) is 8.39. The summed E-state index contributed by atoms with van der Waals surface area (Å²) in [6.07, 6.45) is 5.89. The minimum atomic E-state index is 0.352. The molecule has 2 rings (SSSR count). The van der Waals surface area contributed by atoms with Gasteiger partial charge in [0.15, 0.2) is 0 Å². The van der Waals surface area contributed by atoms with E-state index in [1.54, 1.807) is 0 Å². The second-order valence-electron chi connectivity index (χ2n) is 4.16. The Labute approximate surface area is 73.7 Å². The van der Waals surface area contributed by atoms with E-state index in [0.29, 0.717) is 11.7 Å². The van der Waals surface area contributed by atoms with E-state index in [9.17, 15) is 4.79 Å². The lowest BCUT2D eigenvalue weighted by Gasteiger charge is -2.25. The lowest BCUT2D eigenvalue weighted by Crippen LogP contribution is -2.23. The van der Waals surface area contributed by atoms with E-state index in [2.05, 4.69) is 5.32 Å². The molecule has 0 aromatic rings. The molecule has 1 atom stereocenters. The number of carbonyl (C=O) groups excluding carboxylic acids is 1. The van der Waals surface area contributed by atoms with E-state index in [0.717, 1.165) is 31.8 Å². The van der Waals surface area contributed by atoms with Gasteiger partial charge in [0.25, 0.3) is 0 Å². The SMILES string of the molecule is O=C(CC1CCC1)C1CCNC1. The molecule has 2 aliphatic rings. The Kier molecular flexibility index (Phi) is 2.45. The second kappa shape index (κ2) is 3.56. The topological polar surface area (TPSA) is 29.1 Å². The largest absolute Gasteiger partial charge is 0.316 e. The number of carbonyl (C=O) groups is 1. The molecule has 1 N–H and O–H groups in total. The van der Waals surface area contributed by atoms with Gasteiger partial charge in [-0.3, -0.25) is 4.79 Å². The predicted octanol–water partition coefficient (Wildman–Crippen LogP) is 1.36. The summed E-state index contributed by atoms with van der Waals surface area (Å²) in [5, 5.41) is 3.24. The van der Waals surface area contributed by atoms with Crippen LogP contribution >= 0.6 is 0 Å². The van der Waals surface area contributed by atoms with Crippen LogP contribution in [-0.4, -0.2) is 18.9 Å². The van der Waals surface area contributed by atoms with Gasteiger partial charge in [0, 0.05) is 18.9 Å². The number of Topliss-reactive ketones (excluding diaryl/α,β-unsaturated/α-hetero) is 1. The summed E-state index contributed by atoms with van der Waals surface area (Å²) in [6, 6.07) is 0. The molecule has 68 valence electrons. The molecule has 2 fully saturated rings. The van der Waals surface area contributed by atoms with Crippen LogP contribution in [-0.2, 0) is 4.79 Å². The smallest absolute Gasteiger partial charge is 0.137 e. The maximum Gasteiger partial charge on any atom is 0.137 e. The van der Waals surface area contributed by atoms with Crippen LogP contribution in [0.15, 0.2) is 0 Å². The molecule has 0 aromatic carbocycles. The van der Waals surface area contributed by atoms with Crippen LogP contribution in [0.25, 0.3) is 0 Å². The van der Waals surface area contributed by atoms with E-state index < -0.39 is 0 Å². The zero-order valence-electron chi connectivity index (χ0n) is 7.51. The van der Waals surface area contributed by atoms with Crippen LogP contribution in [0.3, 0.4) is 0 Å². The van der Waals surface area contributed by atoms with Crippen molar-refractivity contribution >= 4 is 5.78 Å². The van der Waals surface area contributed by atoms with Crippen molar-refractivity contribution in [3.63, 3.8) is 0 Å². The molecule has 1 aliphatic carbocycles. The molecule has 0 spiro atoms. The van der Waals surface area contributed by atoms with Gasteiger partial charge in [-0.25, -0.2) is 0 Å². The number of rotatable bonds is 3. The minimum Gasteiger partial charge on any atom is -0.316 e. The van der Waals surface area contributed by atoms with E-state index in [-0.39, 0.29) is 0 Å². The van der Waals surface area contributed by atoms with Gasteiger partial charge in [-0.05, 0) is 18.9 Å². The van der Waals surface area contributed by atoms with E-state index in [1.165, 1.54) is 19.3 Å². The zero-order valence-corrected chi connectivity index (χ0v) is 7.51. The summed E-state index contributed by atoms with van der Waals surface area (Å²) in [4.78, 5) is 11.6. The van der Waals surface area contributed by atoms with Crippen molar-refractivity contribution in [2.24, 2.45) is 11.8 Å². The first-order valence-corrected chi connectivity index (χ1v) is 5.09. The molecule has 0 bridgehead atoms. The van der Waals surface area contributed by atoms with Gasteiger partial charge >= 0.3 is 0 Å². The Hall–Kier alpha value is -0.370.